The minimum Gasteiger partial charge on any atom is -0.353 e. The third-order valence-electron chi connectivity index (χ3n) is 12.8. The molecule has 6 nitrogen and oxygen atoms in total. The number of amides is 2. The maximum atomic E-state index is 12.9. The molecular weight excluding hydrogens is 484 g/mol. The van der Waals surface area contributed by atoms with Gasteiger partial charge in [0.15, 0.2) is 0 Å². The van der Waals surface area contributed by atoms with E-state index in [1.807, 2.05) is 14.1 Å². The molecule has 5 rings (SSSR count). The van der Waals surface area contributed by atoms with Crippen LogP contribution in [0.15, 0.2) is 0 Å². The van der Waals surface area contributed by atoms with Gasteiger partial charge in [0.1, 0.15) is 0 Å². The Balaban J connectivity index is 1.08. The highest BCUT2D eigenvalue weighted by Crippen LogP contribution is 2.68. The first-order valence-electron chi connectivity index (χ1n) is 16.6. The van der Waals surface area contributed by atoms with Gasteiger partial charge in [-0.15, -0.1) is 0 Å². The molecule has 4 aliphatic carbocycles. The van der Waals surface area contributed by atoms with Crippen LogP contribution in [0.3, 0.4) is 0 Å². The lowest BCUT2D eigenvalue weighted by Crippen LogP contribution is -2.53. The van der Waals surface area contributed by atoms with Gasteiger partial charge in [-0.2, -0.15) is 0 Å². The van der Waals surface area contributed by atoms with Crippen molar-refractivity contribution < 1.29 is 9.59 Å². The van der Waals surface area contributed by atoms with Crippen molar-refractivity contribution in [1.82, 2.24) is 20.9 Å². The predicted octanol–water partition coefficient (Wildman–Crippen LogP) is 4.98. The maximum absolute atomic E-state index is 12.9. The average Bonchev–Trinajstić information content (AvgIpc) is 3.50. The summed E-state index contributed by atoms with van der Waals surface area (Å²) in [7, 11) is 4.01. The van der Waals surface area contributed by atoms with Gasteiger partial charge < -0.3 is 20.9 Å². The lowest BCUT2D eigenvalue weighted by molar-refractivity contribution is -0.124. The molecular formula is C33H58N4O2. The molecule has 1 heterocycles. The molecule has 0 aromatic carbocycles. The molecule has 0 aromatic heterocycles. The number of likely N-dealkylation sites (N-methyl/N-ethyl adjacent to an activating group) is 1. The van der Waals surface area contributed by atoms with Gasteiger partial charge in [-0.3, -0.25) is 9.59 Å². The van der Waals surface area contributed by atoms with E-state index in [1.165, 1.54) is 64.2 Å². The Hall–Kier alpha value is -1.14. The van der Waals surface area contributed by atoms with E-state index in [-0.39, 0.29) is 23.9 Å². The van der Waals surface area contributed by atoms with Crippen LogP contribution in [0.2, 0.25) is 0 Å². The van der Waals surface area contributed by atoms with Gasteiger partial charge in [0, 0.05) is 32.1 Å². The average molecular weight is 543 g/mol. The highest BCUT2D eigenvalue weighted by atomic mass is 16.2. The zero-order chi connectivity index (χ0) is 27.8. The van der Waals surface area contributed by atoms with Crippen molar-refractivity contribution in [1.29, 1.82) is 0 Å². The lowest BCUT2D eigenvalue weighted by atomic mass is 9.44. The molecule has 39 heavy (non-hydrogen) atoms. The maximum Gasteiger partial charge on any atom is 0.237 e. The van der Waals surface area contributed by atoms with Gasteiger partial charge in [0.05, 0.1) is 6.04 Å². The van der Waals surface area contributed by atoms with Crippen LogP contribution in [-0.2, 0) is 9.59 Å². The largest absolute Gasteiger partial charge is 0.353 e. The number of nitrogens with one attached hydrogen (secondary N) is 3. The van der Waals surface area contributed by atoms with Crippen molar-refractivity contribution in [3.63, 3.8) is 0 Å². The summed E-state index contributed by atoms with van der Waals surface area (Å²) < 4.78 is 0. The van der Waals surface area contributed by atoms with Crippen molar-refractivity contribution in [3.8, 4) is 0 Å². The zero-order valence-corrected chi connectivity index (χ0v) is 25.7. The molecule has 3 N–H and O–H groups in total. The van der Waals surface area contributed by atoms with E-state index in [1.54, 1.807) is 0 Å². The van der Waals surface area contributed by atoms with Crippen LogP contribution in [0.1, 0.15) is 104 Å². The molecule has 0 radical (unpaired) electrons. The van der Waals surface area contributed by atoms with E-state index < -0.39 is 0 Å². The molecule has 0 aromatic rings. The first-order chi connectivity index (χ1) is 18.6. The third kappa shape index (κ3) is 5.94. The summed E-state index contributed by atoms with van der Waals surface area (Å²) >= 11 is 0. The van der Waals surface area contributed by atoms with Gasteiger partial charge in [-0.1, -0.05) is 33.6 Å². The summed E-state index contributed by atoms with van der Waals surface area (Å²) in [5.41, 5.74) is 1.09. The molecule has 0 spiro atoms. The van der Waals surface area contributed by atoms with Gasteiger partial charge in [-0.05, 0) is 125 Å². The molecule has 1 saturated heterocycles. The first kappa shape index (κ1) is 29.4. The van der Waals surface area contributed by atoms with Crippen molar-refractivity contribution in [3.05, 3.63) is 0 Å². The molecule has 4 unspecified atom stereocenters. The summed E-state index contributed by atoms with van der Waals surface area (Å²) in [6.45, 7) is 9.93. The predicted molar refractivity (Wildman–Crippen MR) is 158 cm³/mol. The molecule has 5 aliphatic rings. The van der Waals surface area contributed by atoms with Crippen LogP contribution in [0.25, 0.3) is 0 Å². The van der Waals surface area contributed by atoms with E-state index >= 15 is 0 Å². The minimum absolute atomic E-state index is 0.0481. The topological polar surface area (TPSA) is 73.5 Å². The van der Waals surface area contributed by atoms with Crippen LogP contribution in [0, 0.1) is 46.3 Å². The fourth-order valence-corrected chi connectivity index (χ4v) is 10.7. The van der Waals surface area contributed by atoms with Crippen molar-refractivity contribution in [2.45, 2.75) is 116 Å². The molecule has 4 saturated carbocycles. The summed E-state index contributed by atoms with van der Waals surface area (Å²) in [6.07, 6.45) is 16.8. The highest BCUT2D eigenvalue weighted by molar-refractivity contribution is 5.82. The van der Waals surface area contributed by atoms with E-state index in [0.717, 1.165) is 42.6 Å². The van der Waals surface area contributed by atoms with Crippen LogP contribution >= 0.6 is 0 Å². The number of carbonyl (C=O) groups excluding carboxylic acids is 2. The number of rotatable bonds is 9. The number of hydrogen-bond acceptors (Lipinski definition) is 4. The second kappa shape index (κ2) is 12.0. The van der Waals surface area contributed by atoms with E-state index in [2.05, 4.69) is 41.6 Å². The second-order valence-corrected chi connectivity index (χ2v) is 15.2. The van der Waals surface area contributed by atoms with Crippen molar-refractivity contribution in [2.75, 3.05) is 33.7 Å². The Morgan fingerprint density at radius 2 is 1.77 bits per heavy atom. The molecule has 2 amide bonds. The number of carbonyl (C=O) groups is 2. The molecule has 222 valence electrons. The quantitative estimate of drug-likeness (QED) is 0.384. The molecule has 6 heteroatoms. The minimum atomic E-state index is -0.201. The third-order valence-corrected chi connectivity index (χ3v) is 12.8. The van der Waals surface area contributed by atoms with Crippen LogP contribution in [0.4, 0.5) is 0 Å². The van der Waals surface area contributed by atoms with E-state index in [9.17, 15) is 9.59 Å². The fraction of sp³-hybridized carbons (Fsp3) is 0.939. The van der Waals surface area contributed by atoms with Crippen LogP contribution < -0.4 is 16.0 Å². The monoisotopic (exact) mass is 542 g/mol. The van der Waals surface area contributed by atoms with E-state index in [4.69, 9.17) is 0 Å². The smallest absolute Gasteiger partial charge is 0.237 e. The second-order valence-electron chi connectivity index (χ2n) is 15.2. The van der Waals surface area contributed by atoms with E-state index in [0.29, 0.717) is 42.7 Å². The summed E-state index contributed by atoms with van der Waals surface area (Å²) in [5.74, 6) is 5.38. The lowest BCUT2D eigenvalue weighted by Gasteiger charge is -2.61. The Labute approximate surface area is 238 Å². The van der Waals surface area contributed by atoms with Crippen LogP contribution in [0.5, 0.6) is 0 Å². The first-order valence-corrected chi connectivity index (χ1v) is 16.6. The zero-order valence-electron chi connectivity index (χ0n) is 25.7. The highest BCUT2D eigenvalue weighted by Gasteiger charge is 2.60. The van der Waals surface area contributed by atoms with Gasteiger partial charge in [-0.25, -0.2) is 0 Å². The molecule has 0 bridgehead atoms. The van der Waals surface area contributed by atoms with Crippen molar-refractivity contribution >= 4 is 11.8 Å². The summed E-state index contributed by atoms with van der Waals surface area (Å²) in [4.78, 5) is 27.4. The standard InChI is InChI=1S/C33H58N4O2/c1-22(9-14-30(38)36-24-20-29(35-21-24)31(39)34-18-19-37(4)5)26-12-13-27-25-11-10-23-8-6-7-16-32(23,2)28(25)15-17-33(26,27)3/h22-29,35H,6-21H2,1-5H3,(H,34,39)(H,36,38)/t22-,23?,24+,25?,26-,27?,28?,29+,32+,33-/m1/s1. The Morgan fingerprint density at radius 3 is 2.56 bits per heavy atom. The van der Waals surface area contributed by atoms with Gasteiger partial charge >= 0.3 is 0 Å². The van der Waals surface area contributed by atoms with Gasteiger partial charge in [0.2, 0.25) is 11.8 Å². The van der Waals surface area contributed by atoms with Crippen LogP contribution in [-0.4, -0.2) is 62.5 Å². The Morgan fingerprint density at radius 1 is 0.974 bits per heavy atom. The summed E-state index contributed by atoms with van der Waals surface area (Å²) in [6, 6.07) is -0.148. The summed E-state index contributed by atoms with van der Waals surface area (Å²) in [5, 5.41) is 9.53. The number of fused-ring (bicyclic) bond motifs is 5. The molecule has 10 atom stereocenters. The molecule has 1 aliphatic heterocycles. The number of hydrogen-bond donors (Lipinski definition) is 3. The SMILES string of the molecule is C[C@H](CCC(=O)N[C@@H]1CN[C@H](C(=O)NCCN(C)C)C1)[C@H]1CCC2C3CCC4CCCC[C@]4(C)C3CC[C@@]21C. The number of nitrogens with zero attached hydrogens (tertiary/aromatic N) is 1. The fourth-order valence-electron chi connectivity index (χ4n) is 10.7. The Kier molecular flexibility index (Phi) is 9.03. The Bertz CT molecular complexity index is 878. The van der Waals surface area contributed by atoms with Gasteiger partial charge in [0.25, 0.3) is 0 Å². The van der Waals surface area contributed by atoms with Crippen molar-refractivity contribution in [2.24, 2.45) is 46.3 Å². The normalized spacial score (nSPS) is 42.4. The molecule has 5 fully saturated rings.